The molecule has 1 rings (SSSR count). The number of nitrogens with zero attached hydrogens (tertiary/aromatic N) is 1. The SMILES string of the molecule is CC(C)(C)C1C=NCNC1C(C)(C)C. The van der Waals surface area contributed by atoms with Crippen molar-refractivity contribution in [2.24, 2.45) is 21.7 Å². The molecule has 1 aliphatic heterocycles. The molecule has 0 aromatic rings. The summed E-state index contributed by atoms with van der Waals surface area (Å²) in [6.45, 7) is 14.5. The highest BCUT2D eigenvalue weighted by molar-refractivity contribution is 5.64. The fourth-order valence-electron chi connectivity index (χ4n) is 2.10. The van der Waals surface area contributed by atoms with E-state index >= 15 is 0 Å². The van der Waals surface area contributed by atoms with Gasteiger partial charge < -0.3 is 0 Å². The molecule has 1 aliphatic rings. The van der Waals surface area contributed by atoms with Crippen molar-refractivity contribution < 1.29 is 0 Å². The molecule has 14 heavy (non-hydrogen) atoms. The van der Waals surface area contributed by atoms with E-state index in [1.165, 1.54) is 0 Å². The average Bonchev–Trinajstić information content (AvgIpc) is 2.01. The van der Waals surface area contributed by atoms with Gasteiger partial charge in [0.1, 0.15) is 0 Å². The van der Waals surface area contributed by atoms with Gasteiger partial charge in [-0.15, -0.1) is 0 Å². The van der Waals surface area contributed by atoms with Crippen LogP contribution in [0.1, 0.15) is 41.5 Å². The van der Waals surface area contributed by atoms with Crippen LogP contribution in [0.5, 0.6) is 0 Å². The van der Waals surface area contributed by atoms with Crippen LogP contribution in [-0.4, -0.2) is 18.9 Å². The molecule has 0 fully saturated rings. The summed E-state index contributed by atoms with van der Waals surface area (Å²) in [5.41, 5.74) is 0.583. The van der Waals surface area contributed by atoms with E-state index in [1.807, 2.05) is 0 Å². The Hall–Kier alpha value is -0.370. The maximum Gasteiger partial charge on any atom is 0.0883 e. The predicted molar refractivity (Wildman–Crippen MR) is 62.7 cm³/mol. The van der Waals surface area contributed by atoms with Crippen LogP contribution >= 0.6 is 0 Å². The fraction of sp³-hybridized carbons (Fsp3) is 0.917. The zero-order valence-corrected chi connectivity index (χ0v) is 10.4. The van der Waals surface area contributed by atoms with Gasteiger partial charge in [-0.3, -0.25) is 10.3 Å². The van der Waals surface area contributed by atoms with Gasteiger partial charge in [0.25, 0.3) is 0 Å². The predicted octanol–water partition coefficient (Wildman–Crippen LogP) is 2.69. The molecule has 0 aliphatic carbocycles. The minimum atomic E-state index is 0.287. The Balaban J connectivity index is 2.90. The van der Waals surface area contributed by atoms with Crippen molar-refractivity contribution in [3.63, 3.8) is 0 Å². The normalized spacial score (nSPS) is 29.3. The Morgan fingerprint density at radius 3 is 2.00 bits per heavy atom. The topological polar surface area (TPSA) is 24.4 Å². The summed E-state index contributed by atoms with van der Waals surface area (Å²) in [4.78, 5) is 4.35. The van der Waals surface area contributed by atoms with Gasteiger partial charge in [-0.05, 0) is 10.8 Å². The fourth-order valence-corrected chi connectivity index (χ4v) is 2.10. The molecule has 2 unspecified atom stereocenters. The maximum absolute atomic E-state index is 4.35. The third-order valence-corrected chi connectivity index (χ3v) is 2.96. The van der Waals surface area contributed by atoms with Crippen LogP contribution < -0.4 is 5.32 Å². The summed E-state index contributed by atoms with van der Waals surface area (Å²) in [6.07, 6.45) is 2.15. The highest BCUT2D eigenvalue weighted by atomic mass is 15.1. The van der Waals surface area contributed by atoms with E-state index in [9.17, 15) is 0 Å². The first-order valence-electron chi connectivity index (χ1n) is 5.46. The monoisotopic (exact) mass is 196 g/mol. The lowest BCUT2D eigenvalue weighted by atomic mass is 9.68. The first-order valence-corrected chi connectivity index (χ1v) is 5.46. The zero-order valence-electron chi connectivity index (χ0n) is 10.4. The van der Waals surface area contributed by atoms with Crippen LogP contribution in [-0.2, 0) is 0 Å². The van der Waals surface area contributed by atoms with Crippen molar-refractivity contribution in [3.8, 4) is 0 Å². The molecular weight excluding hydrogens is 172 g/mol. The Morgan fingerprint density at radius 2 is 1.64 bits per heavy atom. The summed E-state index contributed by atoms with van der Waals surface area (Å²) < 4.78 is 0. The van der Waals surface area contributed by atoms with Crippen LogP contribution in [0.4, 0.5) is 0 Å². The number of hydrogen-bond acceptors (Lipinski definition) is 2. The molecule has 2 nitrogen and oxygen atoms in total. The van der Waals surface area contributed by atoms with Crippen LogP contribution in [0.25, 0.3) is 0 Å². The molecule has 1 N–H and O–H groups in total. The first kappa shape index (κ1) is 11.7. The van der Waals surface area contributed by atoms with E-state index in [2.05, 4.69) is 58.1 Å². The lowest BCUT2D eigenvalue weighted by molar-refractivity contribution is 0.147. The zero-order chi connectivity index (χ0) is 11.0. The van der Waals surface area contributed by atoms with E-state index in [4.69, 9.17) is 0 Å². The van der Waals surface area contributed by atoms with Crippen LogP contribution in [0.15, 0.2) is 4.99 Å². The molecule has 0 spiro atoms. The standard InChI is InChI=1S/C12H24N2/c1-11(2,3)9-7-13-8-14-10(9)12(4,5)6/h7,9-10,14H,8H2,1-6H3. The molecular formula is C12H24N2. The molecule has 2 atom stereocenters. The summed E-state index contributed by atoms with van der Waals surface area (Å²) in [6, 6.07) is 0.528. The largest absolute Gasteiger partial charge is 0.294 e. The number of hydrogen-bond donors (Lipinski definition) is 1. The van der Waals surface area contributed by atoms with Gasteiger partial charge in [0.15, 0.2) is 0 Å². The van der Waals surface area contributed by atoms with Crippen LogP contribution in [0.3, 0.4) is 0 Å². The van der Waals surface area contributed by atoms with Crippen molar-refractivity contribution in [3.05, 3.63) is 0 Å². The molecule has 0 saturated carbocycles. The van der Waals surface area contributed by atoms with Gasteiger partial charge in [-0.25, -0.2) is 0 Å². The molecule has 0 radical (unpaired) electrons. The average molecular weight is 196 g/mol. The van der Waals surface area contributed by atoms with Crippen molar-refractivity contribution >= 4 is 6.21 Å². The lowest BCUT2D eigenvalue weighted by Crippen LogP contribution is -2.53. The van der Waals surface area contributed by atoms with Gasteiger partial charge in [-0.1, -0.05) is 41.5 Å². The van der Waals surface area contributed by atoms with Crippen molar-refractivity contribution in [2.75, 3.05) is 6.67 Å². The Morgan fingerprint density at radius 1 is 1.07 bits per heavy atom. The van der Waals surface area contributed by atoms with Crippen LogP contribution in [0.2, 0.25) is 0 Å². The molecule has 2 heteroatoms. The van der Waals surface area contributed by atoms with Gasteiger partial charge in [0.2, 0.25) is 0 Å². The van der Waals surface area contributed by atoms with Gasteiger partial charge in [-0.2, -0.15) is 0 Å². The third-order valence-electron chi connectivity index (χ3n) is 2.96. The Labute approximate surface area is 88.2 Å². The number of rotatable bonds is 0. The molecule has 0 saturated heterocycles. The van der Waals surface area contributed by atoms with Gasteiger partial charge in [0.05, 0.1) is 6.67 Å². The highest BCUT2D eigenvalue weighted by Crippen LogP contribution is 2.36. The van der Waals surface area contributed by atoms with Crippen molar-refractivity contribution in [1.29, 1.82) is 0 Å². The third kappa shape index (κ3) is 2.57. The Bertz CT molecular complexity index is 217. The molecule has 0 aromatic carbocycles. The first-order chi connectivity index (χ1) is 6.23. The highest BCUT2D eigenvalue weighted by Gasteiger charge is 2.38. The van der Waals surface area contributed by atoms with E-state index in [-0.39, 0.29) is 5.41 Å². The summed E-state index contributed by atoms with van der Waals surface area (Å²) in [7, 11) is 0. The molecule has 0 amide bonds. The second-order valence-electron chi connectivity index (χ2n) is 6.43. The smallest absolute Gasteiger partial charge is 0.0883 e. The summed E-state index contributed by atoms with van der Waals surface area (Å²) in [5.74, 6) is 0.524. The second-order valence-corrected chi connectivity index (χ2v) is 6.43. The molecule has 1 heterocycles. The second kappa shape index (κ2) is 3.65. The van der Waals surface area contributed by atoms with E-state index < -0.39 is 0 Å². The minimum Gasteiger partial charge on any atom is -0.294 e. The minimum absolute atomic E-state index is 0.287. The summed E-state index contributed by atoms with van der Waals surface area (Å²) >= 11 is 0. The maximum atomic E-state index is 4.35. The van der Waals surface area contributed by atoms with E-state index in [0.29, 0.717) is 17.4 Å². The number of nitrogens with one attached hydrogen (secondary N) is 1. The summed E-state index contributed by atoms with van der Waals surface area (Å²) in [5, 5.41) is 3.52. The lowest BCUT2D eigenvalue weighted by Gasteiger charge is -2.44. The van der Waals surface area contributed by atoms with Gasteiger partial charge >= 0.3 is 0 Å². The molecule has 0 aromatic heterocycles. The Kier molecular flexibility index (Phi) is 3.05. The number of aliphatic imine (C=N–C) groups is 1. The molecule has 82 valence electrons. The quantitative estimate of drug-likeness (QED) is 0.633. The molecule has 0 bridgehead atoms. The van der Waals surface area contributed by atoms with E-state index in [1.54, 1.807) is 0 Å². The van der Waals surface area contributed by atoms with Crippen LogP contribution in [0, 0.1) is 16.7 Å². The van der Waals surface area contributed by atoms with Crippen molar-refractivity contribution in [2.45, 2.75) is 47.6 Å². The van der Waals surface area contributed by atoms with E-state index in [0.717, 1.165) is 6.67 Å². The van der Waals surface area contributed by atoms with Crippen molar-refractivity contribution in [1.82, 2.24) is 5.32 Å². The van der Waals surface area contributed by atoms with Gasteiger partial charge in [0, 0.05) is 18.2 Å².